The third kappa shape index (κ3) is 5.48. The molecule has 0 spiro atoms. The number of esters is 1. The maximum Gasteiger partial charge on any atom is 0.341 e. The number of methoxy groups -OCH3 is 2. The van der Waals surface area contributed by atoms with Crippen molar-refractivity contribution in [3.8, 4) is 11.5 Å². The largest absolute Gasteiger partial charge is 0.497 e. The summed E-state index contributed by atoms with van der Waals surface area (Å²) in [5, 5.41) is 3.15. The summed E-state index contributed by atoms with van der Waals surface area (Å²) < 4.78 is 44.6. The smallest absolute Gasteiger partial charge is 0.341 e. The van der Waals surface area contributed by atoms with E-state index in [-0.39, 0.29) is 22.9 Å². The number of nitrogens with one attached hydrogen (secondary N) is 1. The minimum absolute atomic E-state index is 0.0242. The van der Waals surface area contributed by atoms with Gasteiger partial charge < -0.3 is 19.5 Å². The molecule has 0 saturated heterocycles. The maximum atomic E-state index is 13.8. The van der Waals surface area contributed by atoms with Crippen molar-refractivity contribution in [3.63, 3.8) is 0 Å². The highest BCUT2D eigenvalue weighted by molar-refractivity contribution is 7.92. The molecule has 0 saturated carbocycles. The number of rotatable bonds is 10. The zero-order valence-electron chi connectivity index (χ0n) is 21.7. The predicted octanol–water partition coefficient (Wildman–Crippen LogP) is 4.57. The number of hydrogen-bond acceptors (Lipinski definition) is 8. The number of sulfonamides is 1. The lowest BCUT2D eigenvalue weighted by Crippen LogP contribution is -2.38. The number of benzene rings is 2. The number of ether oxygens (including phenoxy) is 3. The van der Waals surface area contributed by atoms with Crippen LogP contribution >= 0.6 is 11.3 Å². The zero-order valence-corrected chi connectivity index (χ0v) is 23.3. The van der Waals surface area contributed by atoms with Crippen molar-refractivity contribution in [2.24, 2.45) is 0 Å². The lowest BCUT2D eigenvalue weighted by Gasteiger charge is -2.26. The number of thiophene rings is 1. The van der Waals surface area contributed by atoms with Gasteiger partial charge in [0.15, 0.2) is 0 Å². The SMILES string of the molecule is CCOC(=O)c1c(NC(=O)CN(c2ccc(OC)cc2OC)S(=O)(=O)c2ccc(C)cc2)sc2c1CCC2. The number of hydrogen-bond donors (Lipinski definition) is 1. The summed E-state index contributed by atoms with van der Waals surface area (Å²) in [5.41, 5.74) is 2.31. The third-order valence-electron chi connectivity index (χ3n) is 6.21. The molecule has 1 aromatic heterocycles. The number of aryl methyl sites for hydroxylation is 2. The molecule has 4 rings (SSSR count). The topological polar surface area (TPSA) is 111 Å². The van der Waals surface area contributed by atoms with Gasteiger partial charge in [0.2, 0.25) is 5.91 Å². The van der Waals surface area contributed by atoms with Gasteiger partial charge in [0.25, 0.3) is 10.0 Å². The summed E-state index contributed by atoms with van der Waals surface area (Å²) in [4.78, 5) is 27.2. The van der Waals surface area contributed by atoms with Gasteiger partial charge >= 0.3 is 5.97 Å². The van der Waals surface area contributed by atoms with E-state index in [0.29, 0.717) is 16.3 Å². The molecule has 1 N–H and O–H groups in total. The van der Waals surface area contributed by atoms with Crippen molar-refractivity contribution >= 4 is 43.9 Å². The normalized spacial score (nSPS) is 12.5. The average molecular weight is 559 g/mol. The quantitative estimate of drug-likeness (QED) is 0.363. The van der Waals surface area contributed by atoms with E-state index < -0.39 is 28.4 Å². The fourth-order valence-electron chi connectivity index (χ4n) is 4.34. The Kier molecular flexibility index (Phi) is 8.27. The second-order valence-corrected chi connectivity index (χ2v) is 11.7. The second kappa shape index (κ2) is 11.4. The molecule has 0 unspecified atom stereocenters. The molecule has 1 aliphatic carbocycles. The van der Waals surface area contributed by atoms with Crippen molar-refractivity contribution in [1.82, 2.24) is 0 Å². The molecule has 11 heteroatoms. The monoisotopic (exact) mass is 558 g/mol. The van der Waals surface area contributed by atoms with Gasteiger partial charge in [-0.05, 0) is 62.9 Å². The molecule has 0 bridgehead atoms. The van der Waals surface area contributed by atoms with Crippen LogP contribution in [-0.2, 0) is 32.4 Å². The first kappa shape index (κ1) is 27.5. The second-order valence-electron chi connectivity index (χ2n) is 8.69. The molecule has 0 aliphatic heterocycles. The number of amides is 1. The Morgan fingerprint density at radius 1 is 1.05 bits per heavy atom. The first-order chi connectivity index (χ1) is 18.2. The Balaban J connectivity index is 1.72. The molecule has 2 aromatic carbocycles. The van der Waals surface area contributed by atoms with Crippen LogP contribution in [0.4, 0.5) is 10.7 Å². The van der Waals surface area contributed by atoms with Gasteiger partial charge in [-0.3, -0.25) is 9.10 Å². The van der Waals surface area contributed by atoms with Gasteiger partial charge in [-0.25, -0.2) is 13.2 Å². The molecule has 9 nitrogen and oxygen atoms in total. The van der Waals surface area contributed by atoms with Crippen LogP contribution in [-0.4, -0.2) is 47.7 Å². The van der Waals surface area contributed by atoms with Gasteiger partial charge in [-0.2, -0.15) is 0 Å². The molecule has 1 amide bonds. The summed E-state index contributed by atoms with van der Waals surface area (Å²) in [6, 6.07) is 11.0. The van der Waals surface area contributed by atoms with Crippen LogP contribution in [0, 0.1) is 6.92 Å². The number of carbonyl (C=O) groups excluding carboxylic acids is 2. The Labute approximate surface area is 226 Å². The van der Waals surface area contributed by atoms with E-state index in [1.54, 1.807) is 31.2 Å². The standard InChI is InChI=1S/C27H30N2O7S2/c1-5-36-27(31)25-20-7-6-8-23(20)37-26(25)28-24(30)16-29(21-14-11-18(34-3)15-22(21)35-4)38(32,33)19-12-9-17(2)10-13-19/h9-15H,5-8,16H2,1-4H3,(H,28,30). The number of anilines is 2. The molecule has 202 valence electrons. The Morgan fingerprint density at radius 2 is 1.79 bits per heavy atom. The average Bonchev–Trinajstić information content (AvgIpc) is 3.48. The molecule has 0 fully saturated rings. The van der Waals surface area contributed by atoms with E-state index >= 15 is 0 Å². The van der Waals surface area contributed by atoms with Crippen LogP contribution in [0.25, 0.3) is 0 Å². The lowest BCUT2D eigenvalue weighted by atomic mass is 10.1. The summed E-state index contributed by atoms with van der Waals surface area (Å²) in [6.45, 7) is 3.23. The van der Waals surface area contributed by atoms with Gasteiger partial charge in [0.05, 0.1) is 37.0 Å². The maximum absolute atomic E-state index is 13.8. The highest BCUT2D eigenvalue weighted by Crippen LogP contribution is 2.40. The molecule has 38 heavy (non-hydrogen) atoms. The van der Waals surface area contributed by atoms with Crippen LogP contribution < -0.4 is 19.1 Å². The van der Waals surface area contributed by atoms with Gasteiger partial charge in [-0.15, -0.1) is 11.3 Å². The van der Waals surface area contributed by atoms with Crippen LogP contribution in [0.15, 0.2) is 47.4 Å². The van der Waals surface area contributed by atoms with Gasteiger partial charge in [0, 0.05) is 10.9 Å². The molecule has 0 atom stereocenters. The van der Waals surface area contributed by atoms with Crippen molar-refractivity contribution in [3.05, 3.63) is 64.0 Å². The van der Waals surface area contributed by atoms with Crippen molar-refractivity contribution in [2.75, 3.05) is 37.0 Å². The fourth-order valence-corrected chi connectivity index (χ4v) is 7.06. The Bertz CT molecular complexity index is 1450. The molecule has 3 aromatic rings. The summed E-state index contributed by atoms with van der Waals surface area (Å²) in [7, 11) is -1.28. The van der Waals surface area contributed by atoms with E-state index in [0.717, 1.165) is 39.6 Å². The van der Waals surface area contributed by atoms with Crippen LogP contribution in [0.3, 0.4) is 0 Å². The van der Waals surface area contributed by atoms with Gasteiger partial charge in [0.1, 0.15) is 23.0 Å². The highest BCUT2D eigenvalue weighted by atomic mass is 32.2. The Hall–Kier alpha value is -3.57. The first-order valence-electron chi connectivity index (χ1n) is 12.1. The highest BCUT2D eigenvalue weighted by Gasteiger charge is 2.32. The first-order valence-corrected chi connectivity index (χ1v) is 14.4. The van der Waals surface area contributed by atoms with Crippen LogP contribution in [0.1, 0.15) is 39.7 Å². The van der Waals surface area contributed by atoms with E-state index in [9.17, 15) is 18.0 Å². The summed E-state index contributed by atoms with van der Waals surface area (Å²) in [6.07, 6.45) is 2.48. The number of carbonyl (C=O) groups is 2. The molecule has 1 heterocycles. The third-order valence-corrected chi connectivity index (χ3v) is 9.19. The van der Waals surface area contributed by atoms with Crippen molar-refractivity contribution in [1.29, 1.82) is 0 Å². The number of fused-ring (bicyclic) bond motifs is 1. The summed E-state index contributed by atoms with van der Waals surface area (Å²) in [5.74, 6) is -0.419. The zero-order chi connectivity index (χ0) is 27.4. The van der Waals surface area contributed by atoms with Crippen molar-refractivity contribution < 1.29 is 32.2 Å². The van der Waals surface area contributed by atoms with E-state index in [4.69, 9.17) is 14.2 Å². The fraction of sp³-hybridized carbons (Fsp3) is 0.333. The lowest BCUT2D eigenvalue weighted by molar-refractivity contribution is -0.114. The molecule has 1 aliphatic rings. The van der Waals surface area contributed by atoms with E-state index in [1.807, 2.05) is 6.92 Å². The minimum Gasteiger partial charge on any atom is -0.497 e. The predicted molar refractivity (Wildman–Crippen MR) is 146 cm³/mol. The van der Waals surface area contributed by atoms with E-state index in [1.165, 1.54) is 43.8 Å². The molecule has 0 radical (unpaired) electrons. The molecular formula is C27H30N2O7S2. The van der Waals surface area contributed by atoms with Gasteiger partial charge in [-0.1, -0.05) is 17.7 Å². The van der Waals surface area contributed by atoms with E-state index in [2.05, 4.69) is 5.32 Å². The summed E-state index contributed by atoms with van der Waals surface area (Å²) >= 11 is 1.33. The van der Waals surface area contributed by atoms with Crippen molar-refractivity contribution in [2.45, 2.75) is 38.0 Å². The van der Waals surface area contributed by atoms with Crippen LogP contribution in [0.2, 0.25) is 0 Å². The Morgan fingerprint density at radius 3 is 2.45 bits per heavy atom. The number of nitrogens with zero attached hydrogens (tertiary/aromatic N) is 1. The molecular weight excluding hydrogens is 528 g/mol. The minimum atomic E-state index is -4.18. The van der Waals surface area contributed by atoms with Crippen LogP contribution in [0.5, 0.6) is 11.5 Å².